The molecule has 1 aliphatic heterocycles. The summed E-state index contributed by atoms with van der Waals surface area (Å²) in [5.41, 5.74) is 0. The highest BCUT2D eigenvalue weighted by Crippen LogP contribution is 2.21. The van der Waals surface area contributed by atoms with Crippen molar-refractivity contribution in [2.24, 2.45) is 0 Å². The van der Waals surface area contributed by atoms with Crippen molar-refractivity contribution in [3.63, 3.8) is 0 Å². The second-order valence-electron chi connectivity index (χ2n) is 3.83. The van der Waals surface area contributed by atoms with E-state index in [0.29, 0.717) is 6.42 Å². The van der Waals surface area contributed by atoms with E-state index in [1.807, 2.05) is 7.85 Å². The van der Waals surface area contributed by atoms with Crippen molar-refractivity contribution in [3.05, 3.63) is 0 Å². The van der Waals surface area contributed by atoms with Gasteiger partial charge in [0, 0.05) is 13.8 Å². The van der Waals surface area contributed by atoms with Gasteiger partial charge in [0.2, 0.25) is 0 Å². The molecule has 0 aromatic carbocycles. The van der Waals surface area contributed by atoms with E-state index in [4.69, 9.17) is 10.8 Å². The Morgan fingerprint density at radius 3 is 2.81 bits per heavy atom. The quantitative estimate of drug-likeness (QED) is 0.485. The molecule has 0 aromatic rings. The number of rotatable bonds is 4. The molecule has 0 unspecified atom stereocenters. The zero-order valence-electron chi connectivity index (χ0n) is 10.6. The Balaban J connectivity index is 2.32. The van der Waals surface area contributed by atoms with E-state index in [1.165, 1.54) is 7.11 Å². The fourth-order valence-corrected chi connectivity index (χ4v) is 1.58. The van der Waals surface area contributed by atoms with Gasteiger partial charge in [-0.1, -0.05) is 0 Å². The predicted octanol–water partition coefficient (Wildman–Crippen LogP) is -0.381. The number of esters is 2. The Bertz CT molecular complexity index is 286. The SMILES string of the molecule is [2H]C[C@H]1O[C@@H](B)C[C@H]1OC(=O)CCC(=O)OC. The van der Waals surface area contributed by atoms with Gasteiger partial charge in [-0.3, -0.25) is 9.59 Å². The molecule has 0 spiro atoms. The summed E-state index contributed by atoms with van der Waals surface area (Å²) in [6.07, 6.45) is -0.0977. The van der Waals surface area contributed by atoms with Gasteiger partial charge in [-0.05, 0) is 6.90 Å². The zero-order chi connectivity index (χ0) is 12.8. The Hall–Kier alpha value is -1.04. The van der Waals surface area contributed by atoms with E-state index < -0.39 is 11.9 Å². The largest absolute Gasteiger partial charge is 0.469 e. The van der Waals surface area contributed by atoms with E-state index in [-0.39, 0.29) is 38.0 Å². The highest BCUT2D eigenvalue weighted by Gasteiger charge is 2.32. The Labute approximate surface area is 97.2 Å². The highest BCUT2D eigenvalue weighted by molar-refractivity contribution is 6.11. The summed E-state index contributed by atoms with van der Waals surface area (Å²) in [5, 5.41) is 0. The summed E-state index contributed by atoms with van der Waals surface area (Å²) in [4.78, 5) is 22.3. The van der Waals surface area contributed by atoms with Crippen molar-refractivity contribution in [3.8, 4) is 0 Å². The molecule has 0 amide bonds. The second-order valence-corrected chi connectivity index (χ2v) is 3.83. The van der Waals surface area contributed by atoms with E-state index in [9.17, 15) is 9.59 Å². The van der Waals surface area contributed by atoms with Crippen molar-refractivity contribution >= 4 is 19.8 Å². The standard InChI is InChI=1S/C10H17BO5/c1-6-7(5-8(11)15-6)16-10(13)4-3-9(12)14-2/h6-8H,3-5,11H2,1-2H3/t6-,7-,8-/m1/s1/i1D. The van der Waals surface area contributed by atoms with Crippen LogP contribution in [0.2, 0.25) is 0 Å². The number of carbonyl (C=O) groups is 2. The van der Waals surface area contributed by atoms with Crippen molar-refractivity contribution in [1.29, 1.82) is 0 Å². The number of carbonyl (C=O) groups excluding carboxylic acids is 2. The van der Waals surface area contributed by atoms with Gasteiger partial charge in [-0.25, -0.2) is 0 Å². The van der Waals surface area contributed by atoms with Gasteiger partial charge < -0.3 is 14.2 Å². The van der Waals surface area contributed by atoms with E-state index in [2.05, 4.69) is 4.74 Å². The monoisotopic (exact) mass is 229 g/mol. The summed E-state index contributed by atoms with van der Waals surface area (Å²) >= 11 is 0. The van der Waals surface area contributed by atoms with Crippen LogP contribution < -0.4 is 0 Å². The molecule has 1 saturated heterocycles. The third kappa shape index (κ3) is 3.85. The molecule has 0 radical (unpaired) electrons. The van der Waals surface area contributed by atoms with Crippen molar-refractivity contribution in [2.75, 3.05) is 7.11 Å². The van der Waals surface area contributed by atoms with Crippen molar-refractivity contribution in [1.82, 2.24) is 0 Å². The molecule has 6 heteroatoms. The number of hydrogen-bond acceptors (Lipinski definition) is 5. The molecule has 3 atom stereocenters. The lowest BCUT2D eigenvalue weighted by Gasteiger charge is -2.14. The van der Waals surface area contributed by atoms with Gasteiger partial charge >= 0.3 is 11.9 Å². The lowest BCUT2D eigenvalue weighted by molar-refractivity contribution is -0.154. The van der Waals surface area contributed by atoms with Crippen LogP contribution in [0.4, 0.5) is 0 Å². The second kappa shape index (κ2) is 5.89. The average molecular weight is 229 g/mol. The van der Waals surface area contributed by atoms with Gasteiger partial charge in [0.25, 0.3) is 0 Å². The Morgan fingerprint density at radius 2 is 2.19 bits per heavy atom. The molecule has 90 valence electrons. The molecule has 0 saturated carbocycles. The topological polar surface area (TPSA) is 61.8 Å². The van der Waals surface area contributed by atoms with Crippen LogP contribution in [0.15, 0.2) is 0 Å². The lowest BCUT2D eigenvalue weighted by Crippen LogP contribution is -2.25. The summed E-state index contributed by atoms with van der Waals surface area (Å²) in [5.74, 6) is -0.883. The number of methoxy groups -OCH3 is 1. The van der Waals surface area contributed by atoms with E-state index in [1.54, 1.807) is 0 Å². The summed E-state index contributed by atoms with van der Waals surface area (Å²) in [6, 6.07) is 0.00348. The van der Waals surface area contributed by atoms with Gasteiger partial charge in [-0.15, -0.1) is 0 Å². The van der Waals surface area contributed by atoms with Gasteiger partial charge in [0.15, 0.2) is 0 Å². The predicted molar refractivity (Wildman–Crippen MR) is 58.6 cm³/mol. The molecule has 0 bridgehead atoms. The molecule has 1 rings (SSSR count). The van der Waals surface area contributed by atoms with E-state index >= 15 is 0 Å². The fraction of sp³-hybridized carbons (Fsp3) is 0.800. The van der Waals surface area contributed by atoms with Crippen LogP contribution >= 0.6 is 0 Å². The first kappa shape index (κ1) is 11.5. The first-order valence-corrected chi connectivity index (χ1v) is 5.27. The van der Waals surface area contributed by atoms with Gasteiger partial charge in [0.05, 0.1) is 26.1 Å². The Morgan fingerprint density at radius 1 is 1.50 bits per heavy atom. The molecule has 16 heavy (non-hydrogen) atoms. The van der Waals surface area contributed by atoms with Crippen LogP contribution in [0.1, 0.15) is 27.5 Å². The third-order valence-electron chi connectivity index (χ3n) is 2.43. The smallest absolute Gasteiger partial charge is 0.306 e. The molecule has 0 aromatic heterocycles. The maximum absolute atomic E-state index is 11.4. The molecule has 0 N–H and O–H groups in total. The first-order chi connectivity index (χ1) is 8.06. The maximum atomic E-state index is 11.4. The van der Waals surface area contributed by atoms with Crippen LogP contribution in [0.5, 0.6) is 0 Å². The average Bonchev–Trinajstić information content (AvgIpc) is 2.66. The van der Waals surface area contributed by atoms with Crippen molar-refractivity contribution in [2.45, 2.75) is 44.4 Å². The van der Waals surface area contributed by atoms with E-state index in [0.717, 1.165) is 0 Å². The normalized spacial score (nSPS) is 29.6. The summed E-state index contributed by atoms with van der Waals surface area (Å²) in [6.45, 7) is 0.0687. The minimum Gasteiger partial charge on any atom is -0.469 e. The maximum Gasteiger partial charge on any atom is 0.306 e. The molecule has 1 fully saturated rings. The van der Waals surface area contributed by atoms with Crippen LogP contribution in [0.25, 0.3) is 0 Å². The Kier molecular flexibility index (Phi) is 4.21. The van der Waals surface area contributed by atoms with Crippen molar-refractivity contribution < 1.29 is 25.2 Å². The van der Waals surface area contributed by atoms with Crippen LogP contribution in [-0.4, -0.2) is 45.1 Å². The lowest BCUT2D eigenvalue weighted by atomic mass is 9.96. The van der Waals surface area contributed by atoms with Gasteiger partial charge in [-0.2, -0.15) is 0 Å². The first-order valence-electron chi connectivity index (χ1n) is 5.98. The molecule has 0 aliphatic carbocycles. The summed E-state index contributed by atoms with van der Waals surface area (Å²) in [7, 11) is 3.15. The van der Waals surface area contributed by atoms with Crippen LogP contribution in [0, 0.1) is 0 Å². The number of ether oxygens (including phenoxy) is 3. The molecule has 1 aliphatic rings. The zero-order valence-corrected chi connectivity index (χ0v) is 9.60. The third-order valence-corrected chi connectivity index (χ3v) is 2.43. The minimum atomic E-state index is -0.448. The van der Waals surface area contributed by atoms with Gasteiger partial charge in [0.1, 0.15) is 14.0 Å². The fourth-order valence-electron chi connectivity index (χ4n) is 1.58. The molecule has 1 heterocycles. The van der Waals surface area contributed by atoms with Crippen LogP contribution in [0.3, 0.4) is 0 Å². The summed E-state index contributed by atoms with van der Waals surface area (Å²) < 4.78 is 22.3. The molecule has 5 nitrogen and oxygen atoms in total. The van der Waals surface area contributed by atoms with Crippen LogP contribution in [-0.2, 0) is 23.8 Å². The molecular formula is C10H17BO5. The highest BCUT2D eigenvalue weighted by atomic mass is 16.6. The number of hydrogen-bond donors (Lipinski definition) is 0. The molecular weight excluding hydrogens is 211 g/mol. The minimum absolute atomic E-state index is 0.00226.